The molecule has 4 nitrogen and oxygen atoms in total. The van der Waals surface area contributed by atoms with E-state index in [0.29, 0.717) is 32.5 Å². The number of aliphatic carboxylic acids is 1. The number of aromatic nitrogens is 1. The molecule has 0 saturated heterocycles. The Kier molecular flexibility index (Phi) is 4.20. The standard InChI is InChI=1S/C17H13Cl2NO3/c1-23-13-6-5-12-15(9(8-20-12)7-14(21)22)17(13)16-10(18)3-2-4-11(16)19/h2-6,8,20H,7H2,1H3,(H,21,22). The second kappa shape index (κ2) is 6.14. The predicted octanol–water partition coefficient (Wildman–Crippen LogP) is 4.78. The number of hydrogen-bond acceptors (Lipinski definition) is 2. The van der Waals surface area contributed by atoms with E-state index in [4.69, 9.17) is 33.0 Å². The van der Waals surface area contributed by atoms with Crippen LogP contribution in [0.15, 0.2) is 36.5 Å². The van der Waals surface area contributed by atoms with Gasteiger partial charge in [-0.15, -0.1) is 0 Å². The first kappa shape index (κ1) is 15.7. The first-order chi connectivity index (χ1) is 11.0. The Balaban J connectivity index is 2.41. The van der Waals surface area contributed by atoms with Gasteiger partial charge in [-0.3, -0.25) is 4.79 Å². The van der Waals surface area contributed by atoms with Crippen LogP contribution < -0.4 is 4.74 Å². The smallest absolute Gasteiger partial charge is 0.307 e. The minimum atomic E-state index is -0.912. The number of carboxylic acids is 1. The summed E-state index contributed by atoms with van der Waals surface area (Å²) < 4.78 is 5.47. The number of fused-ring (bicyclic) bond motifs is 1. The topological polar surface area (TPSA) is 62.3 Å². The van der Waals surface area contributed by atoms with E-state index in [9.17, 15) is 4.79 Å². The van der Waals surface area contributed by atoms with Crippen LogP contribution in [0.3, 0.4) is 0 Å². The Morgan fingerprint density at radius 3 is 2.48 bits per heavy atom. The number of carboxylic acid groups (broad SMARTS) is 1. The van der Waals surface area contributed by atoms with Crippen LogP contribution in [0.25, 0.3) is 22.0 Å². The first-order valence-corrected chi connectivity index (χ1v) is 7.61. The van der Waals surface area contributed by atoms with Crippen LogP contribution in [0, 0.1) is 0 Å². The Hall–Kier alpha value is -2.17. The summed E-state index contributed by atoms with van der Waals surface area (Å²) in [5, 5.41) is 10.9. The molecule has 2 N–H and O–H groups in total. The molecule has 0 atom stereocenters. The van der Waals surface area contributed by atoms with Crippen molar-refractivity contribution in [2.24, 2.45) is 0 Å². The van der Waals surface area contributed by atoms with Crippen molar-refractivity contribution in [3.8, 4) is 16.9 Å². The number of H-pyrrole nitrogens is 1. The summed E-state index contributed by atoms with van der Waals surface area (Å²) >= 11 is 12.7. The molecule has 0 aliphatic heterocycles. The summed E-state index contributed by atoms with van der Waals surface area (Å²) in [7, 11) is 1.55. The van der Waals surface area contributed by atoms with Crippen molar-refractivity contribution in [1.82, 2.24) is 4.98 Å². The fourth-order valence-corrected chi connectivity index (χ4v) is 3.32. The zero-order valence-corrected chi connectivity index (χ0v) is 13.7. The lowest BCUT2D eigenvalue weighted by atomic mass is 9.97. The number of rotatable bonds is 4. The lowest BCUT2D eigenvalue weighted by Crippen LogP contribution is -2.00. The maximum atomic E-state index is 11.1. The van der Waals surface area contributed by atoms with Crippen LogP contribution in [0.5, 0.6) is 5.75 Å². The van der Waals surface area contributed by atoms with E-state index in [1.54, 1.807) is 37.6 Å². The fourth-order valence-electron chi connectivity index (χ4n) is 2.73. The third kappa shape index (κ3) is 2.76. The molecule has 0 radical (unpaired) electrons. The zero-order chi connectivity index (χ0) is 16.6. The monoisotopic (exact) mass is 349 g/mol. The Morgan fingerprint density at radius 2 is 1.87 bits per heavy atom. The van der Waals surface area contributed by atoms with Gasteiger partial charge in [-0.05, 0) is 29.8 Å². The highest BCUT2D eigenvalue weighted by Gasteiger charge is 2.20. The normalized spacial score (nSPS) is 10.9. The quantitative estimate of drug-likeness (QED) is 0.712. The molecule has 0 aliphatic rings. The second-order valence-corrected chi connectivity index (χ2v) is 5.86. The van der Waals surface area contributed by atoms with Crippen molar-refractivity contribution in [3.05, 3.63) is 52.1 Å². The number of methoxy groups -OCH3 is 1. The van der Waals surface area contributed by atoms with Gasteiger partial charge in [-0.1, -0.05) is 29.3 Å². The molecule has 118 valence electrons. The van der Waals surface area contributed by atoms with Gasteiger partial charge in [0.1, 0.15) is 5.75 Å². The molecule has 6 heteroatoms. The largest absolute Gasteiger partial charge is 0.496 e. The number of carbonyl (C=O) groups is 1. The lowest BCUT2D eigenvalue weighted by Gasteiger charge is -2.14. The molecule has 1 aromatic heterocycles. The molecule has 0 aliphatic carbocycles. The van der Waals surface area contributed by atoms with Crippen molar-refractivity contribution in [2.45, 2.75) is 6.42 Å². The molecule has 23 heavy (non-hydrogen) atoms. The van der Waals surface area contributed by atoms with Crippen LogP contribution in [0.2, 0.25) is 10.0 Å². The Labute approximate surface area is 142 Å². The molecular formula is C17H13Cl2NO3. The van der Waals surface area contributed by atoms with E-state index < -0.39 is 5.97 Å². The van der Waals surface area contributed by atoms with Crippen molar-refractivity contribution in [1.29, 1.82) is 0 Å². The van der Waals surface area contributed by atoms with Gasteiger partial charge in [0.05, 0.1) is 23.6 Å². The van der Waals surface area contributed by atoms with Crippen LogP contribution >= 0.6 is 23.2 Å². The van der Waals surface area contributed by atoms with E-state index in [1.165, 1.54) is 0 Å². The van der Waals surface area contributed by atoms with Gasteiger partial charge in [0.15, 0.2) is 0 Å². The van der Waals surface area contributed by atoms with Gasteiger partial charge < -0.3 is 14.8 Å². The second-order valence-electron chi connectivity index (χ2n) is 5.05. The number of nitrogens with one attached hydrogen (secondary N) is 1. The summed E-state index contributed by atoms with van der Waals surface area (Å²) in [6, 6.07) is 8.89. The molecule has 0 amide bonds. The molecule has 1 heterocycles. The average Bonchev–Trinajstić information content (AvgIpc) is 2.89. The van der Waals surface area contributed by atoms with Gasteiger partial charge in [0.2, 0.25) is 0 Å². The summed E-state index contributed by atoms with van der Waals surface area (Å²) in [6.45, 7) is 0. The Bertz CT molecular complexity index is 882. The van der Waals surface area contributed by atoms with Crippen molar-refractivity contribution >= 4 is 40.1 Å². The maximum Gasteiger partial charge on any atom is 0.307 e. The minimum absolute atomic E-state index is 0.109. The molecule has 3 rings (SSSR count). The molecule has 0 unspecified atom stereocenters. The maximum absolute atomic E-state index is 11.1. The molecule has 0 bridgehead atoms. The number of halogens is 2. The fraction of sp³-hybridized carbons (Fsp3) is 0.118. The number of hydrogen-bond donors (Lipinski definition) is 2. The summed E-state index contributed by atoms with van der Waals surface area (Å²) in [4.78, 5) is 14.2. The summed E-state index contributed by atoms with van der Waals surface area (Å²) in [5.74, 6) is -0.330. The molecule has 2 aromatic carbocycles. The van der Waals surface area contributed by atoms with Gasteiger partial charge in [0.25, 0.3) is 0 Å². The van der Waals surface area contributed by atoms with E-state index in [1.807, 2.05) is 6.07 Å². The molecule has 0 fully saturated rings. The molecule has 0 spiro atoms. The van der Waals surface area contributed by atoms with Crippen LogP contribution in [-0.4, -0.2) is 23.2 Å². The van der Waals surface area contributed by atoms with E-state index >= 15 is 0 Å². The summed E-state index contributed by atoms with van der Waals surface area (Å²) in [6.07, 6.45) is 1.58. The van der Waals surface area contributed by atoms with Crippen molar-refractivity contribution in [3.63, 3.8) is 0 Å². The average molecular weight is 350 g/mol. The van der Waals surface area contributed by atoms with E-state index in [2.05, 4.69) is 4.98 Å². The number of benzene rings is 2. The Morgan fingerprint density at radius 1 is 1.17 bits per heavy atom. The first-order valence-electron chi connectivity index (χ1n) is 6.86. The molecular weight excluding hydrogens is 337 g/mol. The van der Waals surface area contributed by atoms with Crippen LogP contribution in [0.4, 0.5) is 0 Å². The van der Waals surface area contributed by atoms with Gasteiger partial charge in [0, 0.05) is 28.2 Å². The number of ether oxygens (including phenoxy) is 1. The van der Waals surface area contributed by atoms with Gasteiger partial charge in [-0.2, -0.15) is 0 Å². The van der Waals surface area contributed by atoms with E-state index in [-0.39, 0.29) is 6.42 Å². The number of aromatic amines is 1. The van der Waals surface area contributed by atoms with Crippen molar-refractivity contribution in [2.75, 3.05) is 7.11 Å². The third-order valence-electron chi connectivity index (χ3n) is 3.66. The zero-order valence-electron chi connectivity index (χ0n) is 12.2. The van der Waals surface area contributed by atoms with Gasteiger partial charge >= 0.3 is 5.97 Å². The molecule has 0 saturated carbocycles. The van der Waals surface area contributed by atoms with Crippen LogP contribution in [0.1, 0.15) is 5.56 Å². The third-order valence-corrected chi connectivity index (χ3v) is 4.29. The van der Waals surface area contributed by atoms with E-state index in [0.717, 1.165) is 10.9 Å². The molecule has 3 aromatic rings. The lowest BCUT2D eigenvalue weighted by molar-refractivity contribution is -0.136. The summed E-state index contributed by atoms with van der Waals surface area (Å²) in [5.41, 5.74) is 2.77. The highest BCUT2D eigenvalue weighted by molar-refractivity contribution is 6.40. The van der Waals surface area contributed by atoms with Crippen molar-refractivity contribution < 1.29 is 14.6 Å². The SMILES string of the molecule is COc1ccc2[nH]cc(CC(=O)O)c2c1-c1c(Cl)cccc1Cl. The van der Waals surface area contributed by atoms with Crippen LogP contribution in [-0.2, 0) is 11.2 Å². The minimum Gasteiger partial charge on any atom is -0.496 e. The highest BCUT2D eigenvalue weighted by atomic mass is 35.5. The highest BCUT2D eigenvalue weighted by Crippen LogP contribution is 2.44. The van der Waals surface area contributed by atoms with Gasteiger partial charge in [-0.25, -0.2) is 0 Å². The predicted molar refractivity (Wildman–Crippen MR) is 91.6 cm³/mol.